The Morgan fingerprint density at radius 1 is 1.06 bits per heavy atom. The van der Waals surface area contributed by atoms with Gasteiger partial charge in [-0.15, -0.1) is 0 Å². The number of ketones is 1. The van der Waals surface area contributed by atoms with E-state index >= 15 is 4.39 Å². The summed E-state index contributed by atoms with van der Waals surface area (Å²) < 4.78 is 38.3. The van der Waals surface area contributed by atoms with Gasteiger partial charge in [0.1, 0.15) is 30.4 Å². The van der Waals surface area contributed by atoms with Crippen LogP contribution in [-0.2, 0) is 25.6 Å². The van der Waals surface area contributed by atoms with Crippen LogP contribution in [0.25, 0.3) is 33.4 Å². The number of nitrogens with zero attached hydrogens (tertiary/aromatic N) is 7. The first-order valence-electron chi connectivity index (χ1n) is 16.1. The summed E-state index contributed by atoms with van der Waals surface area (Å²) in [5, 5.41) is 8.39. The zero-order valence-corrected chi connectivity index (χ0v) is 30.0. The first kappa shape index (κ1) is 37.7. The predicted octanol–water partition coefficient (Wildman–Crippen LogP) is 5.36. The average Bonchev–Trinajstić information content (AvgIpc) is 3.74. The second-order valence-corrected chi connectivity index (χ2v) is 13.0. The summed E-state index contributed by atoms with van der Waals surface area (Å²) in [6.07, 6.45) is 3.53. The summed E-state index contributed by atoms with van der Waals surface area (Å²) in [6, 6.07) is 5.59. The molecule has 0 fully saturated rings. The van der Waals surface area contributed by atoms with Gasteiger partial charge in [0.25, 0.3) is 0 Å². The maximum atomic E-state index is 15.1. The highest BCUT2D eigenvalue weighted by Crippen LogP contribution is 2.39. The maximum absolute atomic E-state index is 15.1. The van der Waals surface area contributed by atoms with Crippen molar-refractivity contribution in [2.75, 3.05) is 37.0 Å². The summed E-state index contributed by atoms with van der Waals surface area (Å²) >= 11 is 0. The third-order valence-electron chi connectivity index (χ3n) is 7.77. The summed E-state index contributed by atoms with van der Waals surface area (Å²) in [5.41, 5.74) is 12.9. The molecule has 5 aromatic rings. The molecule has 0 radical (unpaired) electrons. The number of carbonyl (C=O) groups excluding carboxylic acids is 4. The van der Waals surface area contributed by atoms with E-state index in [1.807, 2.05) is 0 Å². The molecule has 53 heavy (non-hydrogen) atoms. The number of fused-ring (bicyclic) bond motifs is 1. The van der Waals surface area contributed by atoms with E-state index in [9.17, 15) is 19.2 Å². The van der Waals surface area contributed by atoms with Gasteiger partial charge in [0.2, 0.25) is 0 Å². The van der Waals surface area contributed by atoms with Crippen molar-refractivity contribution in [3.8, 4) is 22.4 Å². The Morgan fingerprint density at radius 3 is 2.49 bits per heavy atom. The molecule has 0 saturated heterocycles. The minimum absolute atomic E-state index is 0.0127. The van der Waals surface area contributed by atoms with Gasteiger partial charge in [-0.25, -0.2) is 23.6 Å². The number of hydrogen-bond donors (Lipinski definition) is 2. The molecule has 0 aliphatic carbocycles. The molecule has 1 atom stereocenters. The minimum atomic E-state index is -0.927. The Bertz CT molecular complexity index is 2210. The Balaban J connectivity index is 1.29. The highest BCUT2D eigenvalue weighted by molar-refractivity contribution is 6.06. The van der Waals surface area contributed by atoms with Crippen molar-refractivity contribution in [1.29, 1.82) is 0 Å². The first-order valence-corrected chi connectivity index (χ1v) is 16.1. The highest BCUT2D eigenvalue weighted by atomic mass is 19.1. The third-order valence-corrected chi connectivity index (χ3v) is 7.77. The number of hydrogen-bond acceptors (Lipinski definition) is 14. The second kappa shape index (κ2) is 14.9. The number of pyridine rings is 2. The van der Waals surface area contributed by atoms with Gasteiger partial charge in [-0.3, -0.25) is 19.5 Å². The summed E-state index contributed by atoms with van der Waals surface area (Å²) in [5.74, 6) is -1.66. The van der Waals surface area contributed by atoms with Crippen molar-refractivity contribution < 1.29 is 42.3 Å². The molecule has 278 valence electrons. The topological polar surface area (TPSA) is 224 Å². The van der Waals surface area contributed by atoms with Crippen LogP contribution in [0, 0.1) is 5.82 Å². The Hall–Kier alpha value is -6.59. The molecule has 18 heteroatoms. The van der Waals surface area contributed by atoms with Crippen LogP contribution in [0.5, 0.6) is 0 Å². The average molecular weight is 732 g/mol. The van der Waals surface area contributed by atoms with Gasteiger partial charge < -0.3 is 35.1 Å². The van der Waals surface area contributed by atoms with Crippen molar-refractivity contribution in [2.45, 2.75) is 53.1 Å². The first-order chi connectivity index (χ1) is 24.9. The lowest BCUT2D eigenvalue weighted by atomic mass is 9.99. The lowest BCUT2D eigenvalue weighted by molar-refractivity contribution is -0.145. The van der Waals surface area contributed by atoms with Crippen LogP contribution in [0.4, 0.5) is 31.3 Å². The third kappa shape index (κ3) is 8.32. The number of benzene rings is 1. The number of Topliss-reactive ketones (excluding diaryl/α,β-unsaturated/α-hetero) is 1. The van der Waals surface area contributed by atoms with Crippen LogP contribution in [0.3, 0.4) is 0 Å². The zero-order chi connectivity index (χ0) is 38.8. The van der Waals surface area contributed by atoms with E-state index in [0.717, 1.165) is 15.9 Å². The fourth-order valence-electron chi connectivity index (χ4n) is 5.14. The summed E-state index contributed by atoms with van der Waals surface area (Å²) in [4.78, 5) is 61.0. The monoisotopic (exact) mass is 731 g/mol. The Kier molecular flexibility index (Phi) is 10.6. The highest BCUT2D eigenvalue weighted by Gasteiger charge is 2.26. The number of carbonyl (C=O) groups is 4. The van der Waals surface area contributed by atoms with Crippen LogP contribution in [0.15, 0.2) is 53.6 Å². The van der Waals surface area contributed by atoms with E-state index in [0.29, 0.717) is 16.7 Å². The molecule has 0 aliphatic rings. The SMILES string of the molecule is CC(=O)c1cc(-c2ncc(-c3cnn(C(C)OC(=O)N(C)c4ncccc4COC(=O)CN(C)C(=O)OC(C)(C)C)c3)c3onc(N)c23)c(F)cc1N. The number of anilines is 3. The fraction of sp³-hybridized carbons (Fsp3) is 0.314. The smallest absolute Gasteiger partial charge is 0.417 e. The van der Waals surface area contributed by atoms with E-state index in [4.69, 9.17) is 30.2 Å². The normalized spacial score (nSPS) is 11.9. The molecule has 0 saturated carbocycles. The van der Waals surface area contributed by atoms with Crippen molar-refractivity contribution in [1.82, 2.24) is 29.8 Å². The van der Waals surface area contributed by atoms with E-state index in [1.54, 1.807) is 46.0 Å². The number of nitrogens with two attached hydrogens (primary N) is 2. The molecule has 17 nitrogen and oxygen atoms in total. The van der Waals surface area contributed by atoms with Gasteiger partial charge in [-0.1, -0.05) is 11.2 Å². The van der Waals surface area contributed by atoms with Crippen LogP contribution >= 0.6 is 0 Å². The van der Waals surface area contributed by atoms with E-state index in [2.05, 4.69) is 20.2 Å². The molecule has 1 unspecified atom stereocenters. The fourth-order valence-corrected chi connectivity index (χ4v) is 5.14. The maximum Gasteiger partial charge on any atom is 0.417 e. The van der Waals surface area contributed by atoms with Crippen LogP contribution in [0.2, 0.25) is 0 Å². The quantitative estimate of drug-likeness (QED) is 0.0799. The summed E-state index contributed by atoms with van der Waals surface area (Å²) in [6.45, 7) is 7.44. The molecule has 0 bridgehead atoms. The second-order valence-electron chi connectivity index (χ2n) is 13.0. The number of nitrogen functional groups attached to an aromatic ring is 2. The van der Waals surface area contributed by atoms with Gasteiger partial charge in [0.15, 0.2) is 23.4 Å². The van der Waals surface area contributed by atoms with Crippen LogP contribution in [0.1, 0.15) is 56.8 Å². The van der Waals surface area contributed by atoms with Crippen LogP contribution in [-0.4, -0.2) is 80.0 Å². The lowest BCUT2D eigenvalue weighted by Gasteiger charge is -2.24. The van der Waals surface area contributed by atoms with Crippen molar-refractivity contribution in [2.24, 2.45) is 0 Å². The minimum Gasteiger partial charge on any atom is -0.459 e. The van der Waals surface area contributed by atoms with E-state index in [1.165, 1.54) is 50.4 Å². The number of amides is 2. The number of likely N-dealkylation sites (N-methyl/N-ethyl adjacent to an activating group) is 1. The Morgan fingerprint density at radius 2 is 1.79 bits per heavy atom. The molecule has 5 rings (SSSR count). The van der Waals surface area contributed by atoms with Gasteiger partial charge in [0, 0.05) is 66.2 Å². The predicted molar refractivity (Wildman–Crippen MR) is 190 cm³/mol. The number of ether oxygens (including phenoxy) is 3. The molecular weight excluding hydrogens is 693 g/mol. The Labute approximate surface area is 302 Å². The van der Waals surface area contributed by atoms with Crippen molar-refractivity contribution in [3.05, 3.63) is 66.0 Å². The number of aromatic nitrogens is 5. The standard InChI is InChI=1S/C35H38FN9O8/c1-18(46)22-11-23(25(36)12-26(22)37)29-28-30(53-42-31(28)38)24(14-40-29)21-13-41-45(15-21)19(2)51-34(49)44(7)32-20(9-8-10-39-32)17-50-27(47)16-43(6)33(48)52-35(3,4)5/h8-15,19H,16-17,37H2,1-7H3,(H2,38,42). The van der Waals surface area contributed by atoms with Crippen molar-refractivity contribution in [3.63, 3.8) is 0 Å². The summed E-state index contributed by atoms with van der Waals surface area (Å²) in [7, 11) is 2.85. The van der Waals surface area contributed by atoms with Gasteiger partial charge in [0.05, 0.1) is 17.3 Å². The van der Waals surface area contributed by atoms with E-state index < -0.39 is 35.8 Å². The molecule has 2 amide bonds. The molecule has 1 aromatic carbocycles. The van der Waals surface area contributed by atoms with Gasteiger partial charge in [-0.05, 0) is 52.8 Å². The van der Waals surface area contributed by atoms with E-state index in [-0.39, 0.29) is 64.0 Å². The van der Waals surface area contributed by atoms with Crippen LogP contribution < -0.4 is 16.4 Å². The van der Waals surface area contributed by atoms with Crippen molar-refractivity contribution >= 4 is 52.2 Å². The number of rotatable bonds is 10. The van der Waals surface area contributed by atoms with Gasteiger partial charge in [-0.2, -0.15) is 5.10 Å². The molecule has 4 N–H and O–H groups in total. The zero-order valence-electron chi connectivity index (χ0n) is 30.0. The molecule has 4 aromatic heterocycles. The number of esters is 1. The number of halogens is 1. The largest absolute Gasteiger partial charge is 0.459 e. The molecule has 0 aliphatic heterocycles. The molecule has 4 heterocycles. The lowest BCUT2D eigenvalue weighted by Crippen LogP contribution is -2.37. The van der Waals surface area contributed by atoms with Gasteiger partial charge >= 0.3 is 18.2 Å². The molecule has 0 spiro atoms. The molecular formula is C35H38FN9O8.